The van der Waals surface area contributed by atoms with Gasteiger partial charge < -0.3 is 19.5 Å². The van der Waals surface area contributed by atoms with Gasteiger partial charge in [0.2, 0.25) is 0 Å². The van der Waals surface area contributed by atoms with Crippen molar-refractivity contribution in [2.45, 2.75) is 6.42 Å². The third kappa shape index (κ3) is 3.20. The second kappa shape index (κ2) is 5.67. The highest BCUT2D eigenvalue weighted by Crippen LogP contribution is 1.98. The number of carbonyl (C=O) groups is 1. The first kappa shape index (κ1) is 11.9. The number of imidazole rings is 1. The average molecular weight is 238 g/mol. The van der Waals surface area contributed by atoms with Crippen LogP contribution in [0.1, 0.15) is 5.82 Å². The molecule has 0 aliphatic carbocycles. The Morgan fingerprint density at radius 1 is 1.53 bits per heavy atom. The first-order chi connectivity index (χ1) is 8.27. The van der Waals surface area contributed by atoms with Crippen molar-refractivity contribution in [3.8, 4) is 0 Å². The number of nitrogens with zero attached hydrogens (tertiary/aromatic N) is 3. The predicted molar refractivity (Wildman–Crippen MR) is 62.7 cm³/mol. The molecule has 1 aliphatic rings. The van der Waals surface area contributed by atoms with Crippen molar-refractivity contribution >= 4 is 6.03 Å². The minimum Gasteiger partial charge on any atom is -0.378 e. The molecule has 0 unspecified atom stereocenters. The van der Waals surface area contributed by atoms with Gasteiger partial charge in [-0.25, -0.2) is 9.78 Å². The molecule has 6 nitrogen and oxygen atoms in total. The molecule has 1 saturated heterocycles. The molecule has 0 saturated carbocycles. The van der Waals surface area contributed by atoms with Crippen LogP contribution < -0.4 is 5.32 Å². The number of amides is 2. The molecule has 0 aromatic carbocycles. The summed E-state index contributed by atoms with van der Waals surface area (Å²) in [5, 5.41) is 2.90. The fourth-order valence-electron chi connectivity index (χ4n) is 1.80. The fourth-order valence-corrected chi connectivity index (χ4v) is 1.80. The molecule has 17 heavy (non-hydrogen) atoms. The monoisotopic (exact) mass is 238 g/mol. The highest BCUT2D eigenvalue weighted by atomic mass is 16.5. The molecule has 2 amide bonds. The minimum atomic E-state index is -0.0116. The number of nitrogens with one attached hydrogen (secondary N) is 1. The second-order valence-corrected chi connectivity index (χ2v) is 4.04. The zero-order chi connectivity index (χ0) is 12.1. The molecule has 2 rings (SSSR count). The Labute approximate surface area is 101 Å². The Morgan fingerprint density at radius 2 is 2.29 bits per heavy atom. The molecule has 1 aromatic rings. The van der Waals surface area contributed by atoms with Crippen molar-refractivity contribution < 1.29 is 9.53 Å². The number of hydrogen-bond acceptors (Lipinski definition) is 3. The van der Waals surface area contributed by atoms with Crippen LogP contribution in [0.25, 0.3) is 0 Å². The van der Waals surface area contributed by atoms with Crippen molar-refractivity contribution in [1.29, 1.82) is 0 Å². The third-order valence-electron chi connectivity index (χ3n) is 2.84. The van der Waals surface area contributed by atoms with Crippen LogP contribution in [0, 0.1) is 0 Å². The maximum absolute atomic E-state index is 11.7. The summed E-state index contributed by atoms with van der Waals surface area (Å²) in [6.07, 6.45) is 4.41. The molecule has 0 spiro atoms. The van der Waals surface area contributed by atoms with E-state index in [1.165, 1.54) is 0 Å². The van der Waals surface area contributed by atoms with Crippen LogP contribution in [-0.4, -0.2) is 53.3 Å². The molecule has 0 atom stereocenters. The predicted octanol–water partition coefficient (Wildman–Crippen LogP) is 0.00440. The normalized spacial score (nSPS) is 15.9. The van der Waals surface area contributed by atoms with Gasteiger partial charge in [0.05, 0.1) is 13.2 Å². The zero-order valence-corrected chi connectivity index (χ0v) is 10.1. The largest absolute Gasteiger partial charge is 0.378 e. The fraction of sp³-hybridized carbons (Fsp3) is 0.636. The summed E-state index contributed by atoms with van der Waals surface area (Å²) in [5.41, 5.74) is 0. The van der Waals surface area contributed by atoms with Gasteiger partial charge >= 0.3 is 6.03 Å². The van der Waals surface area contributed by atoms with Crippen molar-refractivity contribution in [1.82, 2.24) is 19.8 Å². The number of hydrogen-bond donors (Lipinski definition) is 1. The molecule has 0 bridgehead atoms. The number of urea groups is 1. The first-order valence-corrected chi connectivity index (χ1v) is 5.84. The Bertz CT molecular complexity index is 371. The third-order valence-corrected chi connectivity index (χ3v) is 2.84. The molecule has 0 radical (unpaired) electrons. The molecule has 1 aliphatic heterocycles. The molecule has 2 heterocycles. The lowest BCUT2D eigenvalue weighted by molar-refractivity contribution is 0.0532. The molecular formula is C11H18N4O2. The van der Waals surface area contributed by atoms with Gasteiger partial charge in [-0.15, -0.1) is 0 Å². The van der Waals surface area contributed by atoms with E-state index in [2.05, 4.69) is 10.3 Å². The SMILES string of the molecule is Cn1ccnc1CCNC(=O)N1CCOCC1. The van der Waals surface area contributed by atoms with Crippen LogP contribution in [0.2, 0.25) is 0 Å². The summed E-state index contributed by atoms with van der Waals surface area (Å²) < 4.78 is 7.15. The number of carbonyl (C=O) groups excluding carboxylic acids is 1. The number of aromatic nitrogens is 2. The number of morpholine rings is 1. The maximum atomic E-state index is 11.7. The topological polar surface area (TPSA) is 59.4 Å². The first-order valence-electron chi connectivity index (χ1n) is 5.84. The van der Waals surface area contributed by atoms with Crippen LogP contribution in [0.5, 0.6) is 0 Å². The summed E-state index contributed by atoms with van der Waals surface area (Å²) >= 11 is 0. The minimum absolute atomic E-state index is 0.0116. The van der Waals surface area contributed by atoms with Gasteiger partial charge in [0.1, 0.15) is 5.82 Å². The van der Waals surface area contributed by atoms with E-state index >= 15 is 0 Å². The molecular weight excluding hydrogens is 220 g/mol. The Hall–Kier alpha value is -1.56. The number of ether oxygens (including phenoxy) is 1. The van der Waals surface area contributed by atoms with Gasteiger partial charge in [-0.3, -0.25) is 0 Å². The van der Waals surface area contributed by atoms with E-state index in [9.17, 15) is 4.79 Å². The molecule has 1 N–H and O–H groups in total. The van der Waals surface area contributed by atoms with E-state index in [4.69, 9.17) is 4.74 Å². The van der Waals surface area contributed by atoms with Gasteiger partial charge in [-0.2, -0.15) is 0 Å². The molecule has 94 valence electrons. The van der Waals surface area contributed by atoms with Crippen molar-refractivity contribution in [3.63, 3.8) is 0 Å². The summed E-state index contributed by atoms with van der Waals surface area (Å²) in [6, 6.07) is -0.0116. The van der Waals surface area contributed by atoms with Gasteiger partial charge in [-0.05, 0) is 0 Å². The van der Waals surface area contributed by atoms with Crippen molar-refractivity contribution in [2.24, 2.45) is 7.05 Å². The molecule has 1 aromatic heterocycles. The highest BCUT2D eigenvalue weighted by Gasteiger charge is 2.15. The van der Waals surface area contributed by atoms with Crippen LogP contribution in [0.4, 0.5) is 4.79 Å². The van der Waals surface area contributed by atoms with Crippen LogP contribution in [0.3, 0.4) is 0 Å². The Morgan fingerprint density at radius 3 is 2.94 bits per heavy atom. The Kier molecular flexibility index (Phi) is 3.98. The average Bonchev–Trinajstić information content (AvgIpc) is 2.76. The summed E-state index contributed by atoms with van der Waals surface area (Å²) in [4.78, 5) is 17.7. The smallest absolute Gasteiger partial charge is 0.317 e. The van der Waals surface area contributed by atoms with E-state index in [1.807, 2.05) is 17.8 Å². The molecule has 1 fully saturated rings. The highest BCUT2D eigenvalue weighted by molar-refractivity contribution is 5.74. The summed E-state index contributed by atoms with van der Waals surface area (Å²) in [7, 11) is 1.95. The lowest BCUT2D eigenvalue weighted by atomic mass is 10.4. The number of aryl methyl sites for hydroxylation is 1. The standard InChI is InChI=1S/C11H18N4O2/c1-14-5-4-12-10(14)2-3-13-11(16)15-6-8-17-9-7-15/h4-5H,2-3,6-9H2,1H3,(H,13,16). The van der Waals surface area contributed by atoms with E-state index in [0.717, 1.165) is 12.2 Å². The van der Waals surface area contributed by atoms with E-state index in [-0.39, 0.29) is 6.03 Å². The van der Waals surface area contributed by atoms with Gasteiger partial charge in [-0.1, -0.05) is 0 Å². The Balaban J connectivity index is 1.71. The quantitative estimate of drug-likeness (QED) is 0.806. The maximum Gasteiger partial charge on any atom is 0.317 e. The van der Waals surface area contributed by atoms with Gasteiger partial charge in [0.25, 0.3) is 0 Å². The van der Waals surface area contributed by atoms with Crippen LogP contribution >= 0.6 is 0 Å². The van der Waals surface area contributed by atoms with Gasteiger partial charge in [0.15, 0.2) is 0 Å². The summed E-state index contributed by atoms with van der Waals surface area (Å²) in [6.45, 7) is 3.23. The van der Waals surface area contributed by atoms with E-state index in [1.54, 1.807) is 11.1 Å². The van der Waals surface area contributed by atoms with E-state index in [0.29, 0.717) is 32.8 Å². The number of rotatable bonds is 3. The van der Waals surface area contributed by atoms with Crippen LogP contribution in [-0.2, 0) is 18.2 Å². The summed E-state index contributed by atoms with van der Waals surface area (Å²) in [5.74, 6) is 0.979. The second-order valence-electron chi connectivity index (χ2n) is 4.04. The lowest BCUT2D eigenvalue weighted by Crippen LogP contribution is -2.46. The van der Waals surface area contributed by atoms with E-state index < -0.39 is 0 Å². The zero-order valence-electron chi connectivity index (χ0n) is 10.1. The van der Waals surface area contributed by atoms with Crippen molar-refractivity contribution in [2.75, 3.05) is 32.8 Å². The van der Waals surface area contributed by atoms with Crippen molar-refractivity contribution in [3.05, 3.63) is 18.2 Å². The molecule has 6 heteroatoms. The van der Waals surface area contributed by atoms with Gasteiger partial charge in [0, 0.05) is 45.5 Å². The van der Waals surface area contributed by atoms with Crippen LogP contribution in [0.15, 0.2) is 12.4 Å². The lowest BCUT2D eigenvalue weighted by Gasteiger charge is -2.26.